The standard InChI is InChI=1S/C33H38O15/c1-37-22-13-28(43-7)25(40-4)10-19(22)31(34)46-16-18(48-33(36)21-12-27(42-6)30(45-9)15-24(21)39-3)17-47-32(35)20-11-26(41-5)29(44-8)14-23(20)38-2/h10-15,18H,16-17H2,1-9H3. The molecule has 15 heteroatoms. The minimum atomic E-state index is -1.32. The van der Waals surface area contributed by atoms with Crippen molar-refractivity contribution in [2.75, 3.05) is 77.2 Å². The Kier molecular flexibility index (Phi) is 13.2. The molecule has 0 aliphatic carbocycles. The van der Waals surface area contributed by atoms with Crippen LogP contribution >= 0.6 is 0 Å². The summed E-state index contributed by atoms with van der Waals surface area (Å²) in [5, 5.41) is 0. The van der Waals surface area contributed by atoms with Gasteiger partial charge in [0.1, 0.15) is 47.2 Å². The summed E-state index contributed by atoms with van der Waals surface area (Å²) < 4.78 is 64.4. The predicted molar refractivity (Wildman–Crippen MR) is 168 cm³/mol. The lowest BCUT2D eigenvalue weighted by Gasteiger charge is -2.20. The van der Waals surface area contributed by atoms with E-state index in [2.05, 4.69) is 0 Å². The smallest absolute Gasteiger partial charge is 0.342 e. The second-order valence-corrected chi connectivity index (χ2v) is 9.45. The lowest BCUT2D eigenvalue weighted by Crippen LogP contribution is -2.31. The van der Waals surface area contributed by atoms with E-state index < -0.39 is 37.2 Å². The topological polar surface area (TPSA) is 162 Å². The first-order chi connectivity index (χ1) is 23.1. The van der Waals surface area contributed by atoms with E-state index in [9.17, 15) is 14.4 Å². The molecule has 15 nitrogen and oxygen atoms in total. The predicted octanol–water partition coefficient (Wildman–Crippen LogP) is 4.00. The van der Waals surface area contributed by atoms with Crippen LogP contribution in [0.5, 0.6) is 51.7 Å². The molecule has 0 fully saturated rings. The van der Waals surface area contributed by atoms with E-state index in [0.29, 0.717) is 17.2 Å². The largest absolute Gasteiger partial charge is 0.496 e. The Hall–Kier alpha value is -5.73. The maximum Gasteiger partial charge on any atom is 0.342 e. The summed E-state index contributed by atoms with van der Waals surface area (Å²) in [5.41, 5.74) is -0.0522. The first-order valence-corrected chi connectivity index (χ1v) is 14.1. The van der Waals surface area contributed by atoms with E-state index in [-0.39, 0.29) is 51.2 Å². The van der Waals surface area contributed by atoms with Crippen LogP contribution < -0.4 is 42.6 Å². The molecule has 0 heterocycles. The van der Waals surface area contributed by atoms with Gasteiger partial charge in [-0.25, -0.2) is 14.4 Å². The number of benzene rings is 3. The highest BCUT2D eigenvalue weighted by Crippen LogP contribution is 2.37. The van der Waals surface area contributed by atoms with Gasteiger partial charge in [0.05, 0.1) is 64.0 Å². The fourth-order valence-corrected chi connectivity index (χ4v) is 4.39. The minimum absolute atomic E-state index is 0.00570. The summed E-state index contributed by atoms with van der Waals surface area (Å²) in [6.45, 7) is -1.10. The Morgan fingerprint density at radius 3 is 0.917 bits per heavy atom. The molecule has 0 amide bonds. The first-order valence-electron chi connectivity index (χ1n) is 14.1. The molecule has 3 rings (SSSR count). The maximum absolute atomic E-state index is 13.5. The van der Waals surface area contributed by atoms with Gasteiger partial charge >= 0.3 is 17.9 Å². The molecule has 0 aliphatic heterocycles. The quantitative estimate of drug-likeness (QED) is 0.149. The van der Waals surface area contributed by atoms with Crippen LogP contribution in [0.1, 0.15) is 31.1 Å². The number of rotatable bonds is 17. The Balaban J connectivity index is 1.93. The van der Waals surface area contributed by atoms with Crippen molar-refractivity contribution in [3.63, 3.8) is 0 Å². The highest BCUT2D eigenvalue weighted by atomic mass is 16.6. The third-order valence-corrected chi connectivity index (χ3v) is 6.85. The third kappa shape index (κ3) is 8.34. The van der Waals surface area contributed by atoms with E-state index >= 15 is 0 Å². The number of methoxy groups -OCH3 is 9. The molecular formula is C33H38O15. The monoisotopic (exact) mass is 674 g/mol. The second kappa shape index (κ2) is 17.3. The van der Waals surface area contributed by atoms with Crippen LogP contribution in [0.3, 0.4) is 0 Å². The molecule has 0 spiro atoms. The fraction of sp³-hybridized carbons (Fsp3) is 0.364. The van der Waals surface area contributed by atoms with Crippen LogP contribution in [-0.2, 0) is 14.2 Å². The minimum Gasteiger partial charge on any atom is -0.496 e. The van der Waals surface area contributed by atoms with Gasteiger partial charge in [-0.3, -0.25) is 0 Å². The van der Waals surface area contributed by atoms with E-state index in [0.717, 1.165) is 0 Å². The van der Waals surface area contributed by atoms with Crippen LogP contribution in [0, 0.1) is 0 Å². The molecule has 0 N–H and O–H groups in total. The summed E-state index contributed by atoms with van der Waals surface area (Å²) in [6.07, 6.45) is -1.32. The van der Waals surface area contributed by atoms with Gasteiger partial charge in [-0.2, -0.15) is 0 Å². The van der Waals surface area contributed by atoms with Gasteiger partial charge in [-0.15, -0.1) is 0 Å². The maximum atomic E-state index is 13.5. The number of ether oxygens (including phenoxy) is 12. The average Bonchev–Trinajstić information content (AvgIpc) is 3.13. The normalized spacial score (nSPS) is 10.4. The van der Waals surface area contributed by atoms with Crippen LogP contribution in [0.15, 0.2) is 36.4 Å². The SMILES string of the molecule is COc1cc(OC)c(C(=O)OCC(COC(=O)c2cc(OC)c(OC)cc2OC)OC(=O)c2cc(OC)c(OC)cc2OC)cc1OC. The average molecular weight is 675 g/mol. The van der Waals surface area contributed by atoms with Crippen LogP contribution in [0.2, 0.25) is 0 Å². The summed E-state index contributed by atoms with van der Waals surface area (Å²) in [4.78, 5) is 39.9. The van der Waals surface area contributed by atoms with Crippen LogP contribution in [0.25, 0.3) is 0 Å². The molecule has 0 saturated heterocycles. The van der Waals surface area contributed by atoms with Gasteiger partial charge < -0.3 is 56.8 Å². The number of carbonyl (C=O) groups is 3. The molecule has 260 valence electrons. The van der Waals surface area contributed by atoms with Crippen molar-refractivity contribution >= 4 is 17.9 Å². The first kappa shape index (κ1) is 36.7. The molecule has 3 aromatic carbocycles. The zero-order valence-corrected chi connectivity index (χ0v) is 28.1. The summed E-state index contributed by atoms with van der Waals surface area (Å²) in [6, 6.07) is 8.45. The number of hydrogen-bond donors (Lipinski definition) is 0. The van der Waals surface area contributed by atoms with Crippen molar-refractivity contribution in [1.82, 2.24) is 0 Å². The molecule has 48 heavy (non-hydrogen) atoms. The van der Waals surface area contributed by atoms with Crippen molar-refractivity contribution in [3.8, 4) is 51.7 Å². The summed E-state index contributed by atoms with van der Waals surface area (Å²) in [5.74, 6) is -0.597. The van der Waals surface area contributed by atoms with Gasteiger partial charge in [0.15, 0.2) is 40.6 Å². The van der Waals surface area contributed by atoms with E-state index in [1.165, 1.54) is 100 Å². The number of esters is 3. The number of hydrogen-bond acceptors (Lipinski definition) is 15. The molecule has 3 aromatic rings. The van der Waals surface area contributed by atoms with Gasteiger partial charge in [0.25, 0.3) is 0 Å². The number of carbonyl (C=O) groups excluding carboxylic acids is 3. The van der Waals surface area contributed by atoms with Crippen molar-refractivity contribution < 1.29 is 71.2 Å². The fourth-order valence-electron chi connectivity index (χ4n) is 4.39. The zero-order chi connectivity index (χ0) is 35.4. The van der Waals surface area contributed by atoms with Crippen molar-refractivity contribution in [3.05, 3.63) is 53.1 Å². The van der Waals surface area contributed by atoms with E-state index in [1.54, 1.807) is 0 Å². The van der Waals surface area contributed by atoms with Crippen LogP contribution in [-0.4, -0.2) is 101 Å². The molecule has 0 aromatic heterocycles. The Labute approximate surface area is 277 Å². The van der Waals surface area contributed by atoms with Gasteiger partial charge in [-0.1, -0.05) is 0 Å². The highest BCUT2D eigenvalue weighted by Gasteiger charge is 2.27. The lowest BCUT2D eigenvalue weighted by molar-refractivity contribution is -0.0257. The van der Waals surface area contributed by atoms with Gasteiger partial charge in [0, 0.05) is 36.4 Å². The zero-order valence-electron chi connectivity index (χ0n) is 28.1. The summed E-state index contributed by atoms with van der Waals surface area (Å²) >= 11 is 0. The summed E-state index contributed by atoms with van der Waals surface area (Å²) in [7, 11) is 12.6. The Morgan fingerprint density at radius 2 is 0.646 bits per heavy atom. The Morgan fingerprint density at radius 1 is 0.396 bits per heavy atom. The van der Waals surface area contributed by atoms with E-state index in [4.69, 9.17) is 56.8 Å². The van der Waals surface area contributed by atoms with Crippen molar-refractivity contribution in [2.24, 2.45) is 0 Å². The molecule has 0 aliphatic rings. The van der Waals surface area contributed by atoms with Gasteiger partial charge in [-0.05, 0) is 0 Å². The van der Waals surface area contributed by atoms with Crippen molar-refractivity contribution in [2.45, 2.75) is 6.10 Å². The molecule has 0 saturated carbocycles. The Bertz CT molecular complexity index is 1520. The van der Waals surface area contributed by atoms with Gasteiger partial charge in [0.2, 0.25) is 0 Å². The molecular weight excluding hydrogens is 636 g/mol. The molecule has 0 atom stereocenters. The third-order valence-electron chi connectivity index (χ3n) is 6.85. The lowest BCUT2D eigenvalue weighted by atomic mass is 10.1. The molecule has 0 radical (unpaired) electrons. The molecule has 0 bridgehead atoms. The van der Waals surface area contributed by atoms with Crippen LogP contribution in [0.4, 0.5) is 0 Å². The second-order valence-electron chi connectivity index (χ2n) is 9.45. The highest BCUT2D eigenvalue weighted by molar-refractivity contribution is 5.95. The molecule has 0 unspecified atom stereocenters. The van der Waals surface area contributed by atoms with E-state index in [1.807, 2.05) is 0 Å². The van der Waals surface area contributed by atoms with Crippen molar-refractivity contribution in [1.29, 1.82) is 0 Å².